The van der Waals surface area contributed by atoms with E-state index in [4.69, 9.17) is 4.74 Å². The minimum absolute atomic E-state index is 0.102. The Morgan fingerprint density at radius 1 is 0.941 bits per heavy atom. The van der Waals surface area contributed by atoms with E-state index in [2.05, 4.69) is 5.32 Å². The Hall–Kier alpha value is -3.74. The van der Waals surface area contributed by atoms with E-state index in [1.54, 1.807) is 18.2 Å². The molecule has 0 bridgehead atoms. The third-order valence-corrected chi connectivity index (χ3v) is 5.29. The number of hydrogen-bond donors (Lipinski definition) is 1. The number of carbonyl (C=O) groups is 2. The summed E-state index contributed by atoms with van der Waals surface area (Å²) in [6.07, 6.45) is 0.992. The van der Waals surface area contributed by atoms with Crippen molar-refractivity contribution in [3.8, 4) is 5.75 Å². The molecule has 0 aliphatic rings. The van der Waals surface area contributed by atoms with Gasteiger partial charge in [0.2, 0.25) is 5.91 Å². The zero-order valence-electron chi connectivity index (χ0n) is 19.0. The van der Waals surface area contributed by atoms with Gasteiger partial charge in [-0.05, 0) is 42.3 Å². The van der Waals surface area contributed by atoms with Gasteiger partial charge in [0.1, 0.15) is 23.4 Å². The minimum atomic E-state index is -0.877. The molecule has 7 heteroatoms. The molecule has 0 aliphatic carbocycles. The molecule has 3 aromatic rings. The molecule has 0 saturated carbocycles. The fraction of sp³-hybridized carbons (Fsp3) is 0.259. The van der Waals surface area contributed by atoms with Crippen LogP contribution in [0, 0.1) is 11.6 Å². The largest absolute Gasteiger partial charge is 0.484 e. The highest BCUT2D eigenvalue weighted by Crippen LogP contribution is 2.18. The summed E-state index contributed by atoms with van der Waals surface area (Å²) in [7, 11) is 0. The maximum Gasteiger partial charge on any atom is 0.261 e. The van der Waals surface area contributed by atoms with Crippen LogP contribution in [0.5, 0.6) is 5.75 Å². The van der Waals surface area contributed by atoms with Gasteiger partial charge in [0.15, 0.2) is 6.61 Å². The number of carbonyl (C=O) groups excluding carboxylic acids is 2. The smallest absolute Gasteiger partial charge is 0.261 e. The van der Waals surface area contributed by atoms with Crippen LogP contribution in [0.25, 0.3) is 0 Å². The van der Waals surface area contributed by atoms with Gasteiger partial charge in [-0.2, -0.15) is 0 Å². The monoisotopic (exact) mass is 466 g/mol. The second kappa shape index (κ2) is 12.5. The van der Waals surface area contributed by atoms with Gasteiger partial charge < -0.3 is 15.0 Å². The van der Waals surface area contributed by atoms with Crippen molar-refractivity contribution in [2.24, 2.45) is 0 Å². The number of halogens is 2. The fourth-order valence-corrected chi connectivity index (χ4v) is 3.49. The van der Waals surface area contributed by atoms with Crippen molar-refractivity contribution in [1.82, 2.24) is 10.2 Å². The Bertz CT molecular complexity index is 1070. The molecule has 3 aromatic carbocycles. The molecule has 1 N–H and O–H groups in total. The molecule has 34 heavy (non-hydrogen) atoms. The molecule has 178 valence electrons. The van der Waals surface area contributed by atoms with Crippen LogP contribution in [0.3, 0.4) is 0 Å². The van der Waals surface area contributed by atoms with E-state index in [1.165, 1.54) is 35.2 Å². The molecule has 3 rings (SSSR count). The second-order valence-electron chi connectivity index (χ2n) is 7.85. The van der Waals surface area contributed by atoms with Gasteiger partial charge in [-0.3, -0.25) is 9.59 Å². The lowest BCUT2D eigenvalue weighted by molar-refractivity contribution is -0.142. The van der Waals surface area contributed by atoms with Gasteiger partial charge >= 0.3 is 0 Å². The maximum absolute atomic E-state index is 14.5. The van der Waals surface area contributed by atoms with Crippen LogP contribution in [0.15, 0.2) is 78.9 Å². The zero-order valence-corrected chi connectivity index (χ0v) is 19.0. The molecule has 2 amide bonds. The Kier molecular flexibility index (Phi) is 9.14. The van der Waals surface area contributed by atoms with E-state index in [1.807, 2.05) is 37.3 Å². The van der Waals surface area contributed by atoms with Gasteiger partial charge in [0, 0.05) is 25.1 Å². The number of hydrogen-bond acceptors (Lipinski definition) is 3. The van der Waals surface area contributed by atoms with Crippen molar-refractivity contribution in [1.29, 1.82) is 0 Å². The molecule has 0 radical (unpaired) electrons. The van der Waals surface area contributed by atoms with Crippen molar-refractivity contribution in [2.75, 3.05) is 13.2 Å². The van der Waals surface area contributed by atoms with E-state index in [0.29, 0.717) is 17.9 Å². The van der Waals surface area contributed by atoms with Gasteiger partial charge in [0.05, 0.1) is 0 Å². The van der Waals surface area contributed by atoms with Crippen LogP contribution in [-0.4, -0.2) is 35.9 Å². The number of nitrogens with zero attached hydrogens (tertiary/aromatic N) is 1. The maximum atomic E-state index is 14.5. The number of rotatable bonds is 11. The highest BCUT2D eigenvalue weighted by atomic mass is 19.1. The highest BCUT2D eigenvalue weighted by molar-refractivity contribution is 5.88. The lowest BCUT2D eigenvalue weighted by atomic mass is 10.0. The quantitative estimate of drug-likeness (QED) is 0.452. The first kappa shape index (κ1) is 24.9. The molecular formula is C27H28F2N2O3. The number of nitrogens with one attached hydrogen (secondary N) is 1. The molecule has 0 unspecified atom stereocenters. The topological polar surface area (TPSA) is 58.6 Å². The summed E-state index contributed by atoms with van der Waals surface area (Å²) in [4.78, 5) is 27.8. The van der Waals surface area contributed by atoms with Crippen molar-refractivity contribution >= 4 is 11.8 Å². The predicted molar refractivity (Wildman–Crippen MR) is 126 cm³/mol. The first-order valence-electron chi connectivity index (χ1n) is 11.2. The predicted octanol–water partition coefficient (Wildman–Crippen LogP) is 4.51. The molecule has 5 nitrogen and oxygen atoms in total. The standard InChI is InChI=1S/C27H28F2N2O3/c1-2-16-30-27(33)25(17-20-8-4-3-5-9-20)31(18-21-10-6-7-11-24(21)29)26(32)19-34-23-14-12-22(28)13-15-23/h3-15,25H,2,16-19H2,1H3,(H,30,33)/t25-/m0/s1. The summed E-state index contributed by atoms with van der Waals surface area (Å²) >= 11 is 0. The lowest BCUT2D eigenvalue weighted by Gasteiger charge is -2.31. The Balaban J connectivity index is 1.89. The minimum Gasteiger partial charge on any atom is -0.484 e. The van der Waals surface area contributed by atoms with Crippen molar-refractivity contribution < 1.29 is 23.1 Å². The summed E-state index contributed by atoms with van der Waals surface area (Å²) < 4.78 is 33.2. The Labute approximate surface area is 198 Å². The number of amides is 2. The van der Waals surface area contributed by atoms with Crippen LogP contribution in [0.2, 0.25) is 0 Å². The normalized spacial score (nSPS) is 11.5. The van der Waals surface area contributed by atoms with E-state index in [-0.39, 0.29) is 25.5 Å². The first-order chi connectivity index (χ1) is 16.5. The molecule has 0 spiro atoms. The van der Waals surface area contributed by atoms with Crippen LogP contribution in [0.1, 0.15) is 24.5 Å². The van der Waals surface area contributed by atoms with Crippen LogP contribution < -0.4 is 10.1 Å². The van der Waals surface area contributed by atoms with Gasteiger partial charge in [-0.25, -0.2) is 8.78 Å². The van der Waals surface area contributed by atoms with Crippen molar-refractivity contribution in [3.05, 3.63) is 102 Å². The van der Waals surface area contributed by atoms with Gasteiger partial charge in [0.25, 0.3) is 5.91 Å². The van der Waals surface area contributed by atoms with Crippen LogP contribution in [0.4, 0.5) is 8.78 Å². The first-order valence-corrected chi connectivity index (χ1v) is 11.2. The van der Waals surface area contributed by atoms with Gasteiger partial charge in [-0.1, -0.05) is 55.5 Å². The average molecular weight is 467 g/mol. The Morgan fingerprint density at radius 2 is 1.62 bits per heavy atom. The second-order valence-corrected chi connectivity index (χ2v) is 7.85. The van der Waals surface area contributed by atoms with Crippen LogP contribution >= 0.6 is 0 Å². The van der Waals surface area contributed by atoms with Crippen molar-refractivity contribution in [3.63, 3.8) is 0 Å². The lowest BCUT2D eigenvalue weighted by Crippen LogP contribution is -2.51. The summed E-state index contributed by atoms with van der Waals surface area (Å²) in [5.74, 6) is -1.38. The zero-order chi connectivity index (χ0) is 24.3. The summed E-state index contributed by atoms with van der Waals surface area (Å²) in [6.45, 7) is 1.91. The summed E-state index contributed by atoms with van der Waals surface area (Å²) in [5.41, 5.74) is 1.16. The van der Waals surface area contributed by atoms with Gasteiger partial charge in [-0.15, -0.1) is 0 Å². The molecule has 1 atom stereocenters. The van der Waals surface area contributed by atoms with E-state index < -0.39 is 23.6 Å². The molecular weight excluding hydrogens is 438 g/mol. The number of ether oxygens (including phenoxy) is 1. The summed E-state index contributed by atoms with van der Waals surface area (Å²) in [5, 5.41) is 2.86. The SMILES string of the molecule is CCCNC(=O)[C@H](Cc1ccccc1)N(Cc1ccccc1F)C(=O)COc1ccc(F)cc1. The molecule has 0 aromatic heterocycles. The third-order valence-electron chi connectivity index (χ3n) is 5.29. The number of benzene rings is 3. The van der Waals surface area contributed by atoms with E-state index in [0.717, 1.165) is 12.0 Å². The molecule has 0 fully saturated rings. The molecule has 0 heterocycles. The fourth-order valence-electron chi connectivity index (χ4n) is 3.49. The van der Waals surface area contributed by atoms with Crippen LogP contribution in [-0.2, 0) is 22.6 Å². The summed E-state index contributed by atoms with van der Waals surface area (Å²) in [6, 6.07) is 19.9. The molecule has 0 aliphatic heterocycles. The van der Waals surface area contributed by atoms with Crippen molar-refractivity contribution in [2.45, 2.75) is 32.4 Å². The average Bonchev–Trinajstić information content (AvgIpc) is 2.85. The molecule has 0 saturated heterocycles. The third kappa shape index (κ3) is 7.13. The highest BCUT2D eigenvalue weighted by Gasteiger charge is 2.31. The van der Waals surface area contributed by atoms with E-state index >= 15 is 0 Å². The Morgan fingerprint density at radius 3 is 2.29 bits per heavy atom. The van der Waals surface area contributed by atoms with E-state index in [9.17, 15) is 18.4 Å².